The standard InChI is InChI=1S/C14H22O/c1-3-4-9-14-10-5-6-12(14)7-8-13(15)11(14)2/h3,11-12H,1,4-10H2,2H3/t11?,12-,14+/m0/s1. The second kappa shape index (κ2) is 4.11. The normalized spacial score (nSPS) is 40.2. The first-order chi connectivity index (χ1) is 7.20. The van der Waals surface area contributed by atoms with Crippen LogP contribution >= 0.6 is 0 Å². The molecule has 0 radical (unpaired) electrons. The topological polar surface area (TPSA) is 17.1 Å². The summed E-state index contributed by atoms with van der Waals surface area (Å²) in [6.07, 6.45) is 10.2. The van der Waals surface area contributed by atoms with Gasteiger partial charge in [0.05, 0.1) is 0 Å². The summed E-state index contributed by atoms with van der Waals surface area (Å²) in [5.41, 5.74) is 0.351. The van der Waals surface area contributed by atoms with Gasteiger partial charge in [-0.3, -0.25) is 4.79 Å². The van der Waals surface area contributed by atoms with Gasteiger partial charge in [0.2, 0.25) is 0 Å². The maximum atomic E-state index is 11.9. The Hall–Kier alpha value is -0.590. The van der Waals surface area contributed by atoms with Crippen LogP contribution in [0.5, 0.6) is 0 Å². The van der Waals surface area contributed by atoms with E-state index in [4.69, 9.17) is 0 Å². The van der Waals surface area contributed by atoms with Crippen molar-refractivity contribution < 1.29 is 4.79 Å². The summed E-state index contributed by atoms with van der Waals surface area (Å²) in [4.78, 5) is 11.9. The summed E-state index contributed by atoms with van der Waals surface area (Å²) in [6, 6.07) is 0. The number of carbonyl (C=O) groups is 1. The summed E-state index contributed by atoms with van der Waals surface area (Å²) in [6.45, 7) is 5.98. The van der Waals surface area contributed by atoms with Crippen molar-refractivity contribution in [2.75, 3.05) is 0 Å². The van der Waals surface area contributed by atoms with Crippen LogP contribution in [0.15, 0.2) is 12.7 Å². The SMILES string of the molecule is C=CCC[C@]12CCC[C@H]1CCC(=O)C2C. The Kier molecular flexibility index (Phi) is 2.99. The van der Waals surface area contributed by atoms with E-state index < -0.39 is 0 Å². The molecule has 0 aromatic heterocycles. The third kappa shape index (κ3) is 1.66. The molecule has 0 heterocycles. The molecule has 1 unspecified atom stereocenters. The molecule has 0 aliphatic heterocycles. The van der Waals surface area contributed by atoms with Crippen LogP contribution in [0.1, 0.15) is 51.9 Å². The zero-order valence-electron chi connectivity index (χ0n) is 9.80. The van der Waals surface area contributed by atoms with Crippen LogP contribution in [0, 0.1) is 17.3 Å². The van der Waals surface area contributed by atoms with Gasteiger partial charge in [-0.05, 0) is 43.4 Å². The van der Waals surface area contributed by atoms with Gasteiger partial charge in [0, 0.05) is 12.3 Å². The lowest BCUT2D eigenvalue weighted by Gasteiger charge is -2.44. The summed E-state index contributed by atoms with van der Waals surface area (Å²) < 4.78 is 0. The largest absolute Gasteiger partial charge is 0.299 e. The van der Waals surface area contributed by atoms with Crippen molar-refractivity contribution in [1.82, 2.24) is 0 Å². The van der Waals surface area contributed by atoms with Crippen molar-refractivity contribution in [3.8, 4) is 0 Å². The number of fused-ring (bicyclic) bond motifs is 1. The van der Waals surface area contributed by atoms with E-state index in [-0.39, 0.29) is 0 Å². The molecule has 2 saturated carbocycles. The first kappa shape index (κ1) is 10.9. The maximum Gasteiger partial charge on any atom is 0.136 e. The first-order valence-electron chi connectivity index (χ1n) is 6.34. The molecule has 0 bridgehead atoms. The van der Waals surface area contributed by atoms with Crippen molar-refractivity contribution >= 4 is 5.78 Å². The predicted octanol–water partition coefficient (Wildman–Crippen LogP) is 3.74. The van der Waals surface area contributed by atoms with Crippen LogP contribution < -0.4 is 0 Å². The second-order valence-corrected chi connectivity index (χ2v) is 5.38. The van der Waals surface area contributed by atoms with Crippen LogP contribution in [0.2, 0.25) is 0 Å². The number of hydrogen-bond donors (Lipinski definition) is 0. The fourth-order valence-electron chi connectivity index (χ4n) is 3.94. The van der Waals surface area contributed by atoms with E-state index in [1.54, 1.807) is 0 Å². The molecule has 0 aromatic carbocycles. The summed E-state index contributed by atoms with van der Waals surface area (Å²) in [7, 11) is 0. The van der Waals surface area contributed by atoms with Gasteiger partial charge in [0.25, 0.3) is 0 Å². The van der Waals surface area contributed by atoms with E-state index >= 15 is 0 Å². The number of rotatable bonds is 3. The fourth-order valence-corrected chi connectivity index (χ4v) is 3.94. The van der Waals surface area contributed by atoms with Gasteiger partial charge in [-0.1, -0.05) is 19.4 Å². The number of allylic oxidation sites excluding steroid dienone is 1. The fraction of sp³-hybridized carbons (Fsp3) is 0.786. The van der Waals surface area contributed by atoms with Gasteiger partial charge in [-0.15, -0.1) is 6.58 Å². The molecule has 0 N–H and O–H groups in total. The van der Waals surface area contributed by atoms with Gasteiger partial charge in [0.1, 0.15) is 5.78 Å². The molecule has 2 aliphatic rings. The van der Waals surface area contributed by atoms with E-state index in [9.17, 15) is 4.79 Å². The Labute approximate surface area is 92.9 Å². The molecule has 0 aromatic rings. The van der Waals surface area contributed by atoms with E-state index in [2.05, 4.69) is 13.5 Å². The molecule has 0 amide bonds. The molecule has 84 valence electrons. The van der Waals surface area contributed by atoms with E-state index in [1.165, 1.54) is 25.7 Å². The zero-order chi connectivity index (χ0) is 10.9. The van der Waals surface area contributed by atoms with Gasteiger partial charge >= 0.3 is 0 Å². The minimum atomic E-state index is 0.304. The summed E-state index contributed by atoms with van der Waals surface area (Å²) in [5, 5.41) is 0. The predicted molar refractivity (Wildman–Crippen MR) is 62.6 cm³/mol. The molecule has 15 heavy (non-hydrogen) atoms. The molecule has 2 fully saturated rings. The Balaban J connectivity index is 2.20. The molecule has 2 aliphatic carbocycles. The average molecular weight is 206 g/mol. The van der Waals surface area contributed by atoms with Crippen molar-refractivity contribution in [3.05, 3.63) is 12.7 Å². The zero-order valence-corrected chi connectivity index (χ0v) is 9.80. The molecule has 2 rings (SSSR count). The lowest BCUT2D eigenvalue weighted by atomic mass is 9.59. The lowest BCUT2D eigenvalue weighted by molar-refractivity contribution is -0.132. The third-order valence-corrected chi connectivity index (χ3v) is 4.91. The van der Waals surface area contributed by atoms with Crippen LogP contribution in [0.4, 0.5) is 0 Å². The van der Waals surface area contributed by atoms with Crippen molar-refractivity contribution in [2.45, 2.75) is 51.9 Å². The van der Waals surface area contributed by atoms with Crippen LogP contribution in [0.25, 0.3) is 0 Å². The van der Waals surface area contributed by atoms with Gasteiger partial charge in [-0.25, -0.2) is 0 Å². The van der Waals surface area contributed by atoms with Crippen molar-refractivity contribution in [3.63, 3.8) is 0 Å². The number of Topliss-reactive ketones (excluding diaryl/α,β-unsaturated/α-hetero) is 1. The molecule has 0 saturated heterocycles. The monoisotopic (exact) mass is 206 g/mol. The van der Waals surface area contributed by atoms with E-state index in [0.29, 0.717) is 17.1 Å². The van der Waals surface area contributed by atoms with Crippen molar-refractivity contribution in [2.24, 2.45) is 17.3 Å². The van der Waals surface area contributed by atoms with E-state index in [1.807, 2.05) is 6.08 Å². The lowest BCUT2D eigenvalue weighted by Crippen LogP contribution is -2.41. The minimum Gasteiger partial charge on any atom is -0.299 e. The molecular formula is C14H22O. The van der Waals surface area contributed by atoms with Gasteiger partial charge in [-0.2, -0.15) is 0 Å². The smallest absolute Gasteiger partial charge is 0.136 e. The highest BCUT2D eigenvalue weighted by molar-refractivity contribution is 5.82. The highest BCUT2D eigenvalue weighted by atomic mass is 16.1. The average Bonchev–Trinajstić information content (AvgIpc) is 2.66. The van der Waals surface area contributed by atoms with Crippen molar-refractivity contribution in [1.29, 1.82) is 0 Å². The molecule has 1 nitrogen and oxygen atoms in total. The Morgan fingerprint density at radius 2 is 2.33 bits per heavy atom. The van der Waals surface area contributed by atoms with Crippen LogP contribution in [0.3, 0.4) is 0 Å². The Bertz CT molecular complexity index is 269. The Morgan fingerprint density at radius 1 is 1.53 bits per heavy atom. The summed E-state index contributed by atoms with van der Waals surface area (Å²) in [5.74, 6) is 1.64. The van der Waals surface area contributed by atoms with E-state index in [0.717, 1.165) is 25.2 Å². The van der Waals surface area contributed by atoms with Gasteiger partial charge in [0.15, 0.2) is 0 Å². The minimum absolute atomic E-state index is 0.304. The first-order valence-corrected chi connectivity index (χ1v) is 6.34. The number of hydrogen-bond acceptors (Lipinski definition) is 1. The highest BCUT2D eigenvalue weighted by Crippen LogP contribution is 2.56. The van der Waals surface area contributed by atoms with Crippen LogP contribution in [-0.2, 0) is 4.79 Å². The number of ketones is 1. The third-order valence-electron chi connectivity index (χ3n) is 4.91. The summed E-state index contributed by atoms with van der Waals surface area (Å²) >= 11 is 0. The molecule has 0 spiro atoms. The second-order valence-electron chi connectivity index (χ2n) is 5.38. The van der Waals surface area contributed by atoms with Crippen LogP contribution in [-0.4, -0.2) is 5.78 Å². The number of carbonyl (C=O) groups excluding carboxylic acids is 1. The molecular weight excluding hydrogens is 184 g/mol. The highest BCUT2D eigenvalue weighted by Gasteiger charge is 2.50. The molecule has 1 heteroatoms. The quantitative estimate of drug-likeness (QED) is 0.643. The molecule has 3 atom stereocenters. The Morgan fingerprint density at radius 3 is 3.07 bits per heavy atom. The maximum absolute atomic E-state index is 11.9. The van der Waals surface area contributed by atoms with Gasteiger partial charge < -0.3 is 0 Å².